The third kappa shape index (κ3) is 6.45. The van der Waals surface area contributed by atoms with Crippen LogP contribution in [-0.2, 0) is 0 Å². The standard InChI is InChI=1S/C14H29/c1-6-8-9-14(7-2)11-10-13(5)12(3)4/h12-14H,3,6-11H2,1-2,4-5H3. The normalized spacial score (nSPS) is 15.9. The average molecular weight is 197 g/mol. The van der Waals surface area contributed by atoms with Gasteiger partial charge in [0.2, 0.25) is 0 Å². The summed E-state index contributed by atoms with van der Waals surface area (Å²) in [5, 5.41) is 0. The first-order valence-corrected chi connectivity index (χ1v) is 6.44. The van der Waals surface area contributed by atoms with Crippen LogP contribution in [0.4, 0.5) is 0 Å². The van der Waals surface area contributed by atoms with Crippen molar-refractivity contribution in [2.45, 2.75) is 66.2 Å². The first-order chi connectivity index (χ1) is 6.61. The molecule has 0 amide bonds. The molecule has 0 fully saturated rings. The minimum atomic E-state index is 0.610. The summed E-state index contributed by atoms with van der Waals surface area (Å²) in [5.41, 5.74) is 0. The van der Waals surface area contributed by atoms with Gasteiger partial charge in [0.25, 0.3) is 0 Å². The van der Waals surface area contributed by atoms with Crippen LogP contribution in [-0.4, -0.2) is 0 Å². The Labute approximate surface area is 91.5 Å². The first kappa shape index (κ1) is 14.0. The van der Waals surface area contributed by atoms with E-state index >= 15 is 0 Å². The third-order valence-electron chi connectivity index (χ3n) is 3.54. The van der Waals surface area contributed by atoms with E-state index < -0.39 is 0 Å². The Bertz CT molecular complexity index is 115. The average Bonchev–Trinajstić information content (AvgIpc) is 2.17. The van der Waals surface area contributed by atoms with Crippen LogP contribution in [0.2, 0.25) is 0 Å². The van der Waals surface area contributed by atoms with Crippen molar-refractivity contribution >= 4 is 0 Å². The van der Waals surface area contributed by atoms with Crippen LogP contribution in [0.25, 0.3) is 0 Å². The van der Waals surface area contributed by atoms with Crippen LogP contribution in [0.3, 0.4) is 0 Å². The molecule has 3 unspecified atom stereocenters. The fourth-order valence-corrected chi connectivity index (χ4v) is 1.83. The van der Waals surface area contributed by atoms with E-state index in [0.717, 1.165) is 11.8 Å². The van der Waals surface area contributed by atoms with Crippen LogP contribution in [0.5, 0.6) is 0 Å². The Morgan fingerprint density at radius 2 is 1.64 bits per heavy atom. The molecule has 0 aliphatic carbocycles. The first-order valence-electron chi connectivity index (χ1n) is 6.44. The highest BCUT2D eigenvalue weighted by molar-refractivity contribution is 4.66. The second kappa shape index (κ2) is 8.32. The van der Waals surface area contributed by atoms with E-state index in [1.54, 1.807) is 0 Å². The van der Waals surface area contributed by atoms with Crippen molar-refractivity contribution in [2.75, 3.05) is 0 Å². The molecule has 0 heteroatoms. The Morgan fingerprint density at radius 3 is 2.07 bits per heavy atom. The topological polar surface area (TPSA) is 0 Å². The molecule has 0 heterocycles. The van der Waals surface area contributed by atoms with Gasteiger partial charge in [-0.3, -0.25) is 0 Å². The van der Waals surface area contributed by atoms with E-state index in [2.05, 4.69) is 34.6 Å². The number of hydrogen-bond acceptors (Lipinski definition) is 0. The third-order valence-corrected chi connectivity index (χ3v) is 3.54. The molecule has 14 heavy (non-hydrogen) atoms. The van der Waals surface area contributed by atoms with Gasteiger partial charge < -0.3 is 0 Å². The van der Waals surface area contributed by atoms with Gasteiger partial charge in [-0.2, -0.15) is 0 Å². The van der Waals surface area contributed by atoms with Crippen molar-refractivity contribution in [1.82, 2.24) is 0 Å². The molecule has 0 aliphatic heterocycles. The summed E-state index contributed by atoms with van der Waals surface area (Å²) in [4.78, 5) is 0. The van der Waals surface area contributed by atoms with E-state index in [1.807, 2.05) is 0 Å². The molecular formula is C14H29. The Kier molecular flexibility index (Phi) is 8.32. The molecule has 0 nitrogen and oxygen atoms in total. The lowest BCUT2D eigenvalue weighted by Gasteiger charge is -2.19. The van der Waals surface area contributed by atoms with Gasteiger partial charge in [0.1, 0.15) is 0 Å². The van der Waals surface area contributed by atoms with Crippen LogP contribution in [0.1, 0.15) is 66.2 Å². The molecule has 85 valence electrons. The van der Waals surface area contributed by atoms with Crippen molar-refractivity contribution in [3.63, 3.8) is 0 Å². The predicted octanol–water partition coefficient (Wildman–Crippen LogP) is 5.09. The second-order valence-electron chi connectivity index (χ2n) is 4.95. The van der Waals surface area contributed by atoms with Crippen LogP contribution in [0, 0.1) is 24.7 Å². The summed E-state index contributed by atoms with van der Waals surface area (Å²) < 4.78 is 0. The van der Waals surface area contributed by atoms with E-state index in [4.69, 9.17) is 0 Å². The monoisotopic (exact) mass is 197 g/mol. The van der Waals surface area contributed by atoms with Crippen molar-refractivity contribution in [3.8, 4) is 0 Å². The van der Waals surface area contributed by atoms with Gasteiger partial charge in [0, 0.05) is 0 Å². The Balaban J connectivity index is 3.60. The van der Waals surface area contributed by atoms with Crippen molar-refractivity contribution in [2.24, 2.45) is 17.8 Å². The maximum absolute atomic E-state index is 4.10. The molecule has 0 N–H and O–H groups in total. The van der Waals surface area contributed by atoms with Gasteiger partial charge in [-0.05, 0) is 17.8 Å². The Hall–Kier alpha value is 0. The number of hydrogen-bond donors (Lipinski definition) is 0. The lowest BCUT2D eigenvalue weighted by Crippen LogP contribution is -2.07. The smallest absolute Gasteiger partial charge is 0.0417 e. The highest BCUT2D eigenvalue weighted by atomic mass is 14.2. The van der Waals surface area contributed by atoms with Gasteiger partial charge >= 0.3 is 0 Å². The molecule has 3 atom stereocenters. The summed E-state index contributed by atoms with van der Waals surface area (Å²) in [6.45, 7) is 13.3. The molecule has 0 aromatic heterocycles. The molecule has 0 saturated heterocycles. The molecule has 0 aromatic rings. The largest absolute Gasteiger partial charge is 0.0654 e. The maximum atomic E-state index is 4.10. The van der Waals surface area contributed by atoms with Crippen LogP contribution in [0.15, 0.2) is 0 Å². The van der Waals surface area contributed by atoms with Crippen molar-refractivity contribution in [1.29, 1.82) is 0 Å². The summed E-state index contributed by atoms with van der Waals surface area (Å²) in [6, 6.07) is 0. The molecule has 1 radical (unpaired) electrons. The molecule has 0 spiro atoms. The molecule has 0 aromatic carbocycles. The minimum Gasteiger partial charge on any atom is -0.0654 e. The van der Waals surface area contributed by atoms with E-state index in [-0.39, 0.29) is 0 Å². The number of unbranched alkanes of at least 4 members (excludes halogenated alkanes) is 1. The maximum Gasteiger partial charge on any atom is -0.0417 e. The minimum absolute atomic E-state index is 0.610. The van der Waals surface area contributed by atoms with Crippen molar-refractivity contribution < 1.29 is 0 Å². The second-order valence-corrected chi connectivity index (χ2v) is 4.95. The fraction of sp³-hybridized carbons (Fsp3) is 0.929. The lowest BCUT2D eigenvalue weighted by atomic mass is 9.87. The highest BCUT2D eigenvalue weighted by Gasteiger charge is 2.11. The summed E-state index contributed by atoms with van der Waals surface area (Å²) >= 11 is 0. The highest BCUT2D eigenvalue weighted by Crippen LogP contribution is 2.24. The summed E-state index contributed by atoms with van der Waals surface area (Å²) in [7, 11) is 0. The summed E-state index contributed by atoms with van der Waals surface area (Å²) in [6.07, 6.45) is 8.33. The predicted molar refractivity (Wildman–Crippen MR) is 66.2 cm³/mol. The van der Waals surface area contributed by atoms with Gasteiger partial charge in [0.05, 0.1) is 0 Å². The van der Waals surface area contributed by atoms with Gasteiger partial charge in [0.15, 0.2) is 0 Å². The molecular weight excluding hydrogens is 168 g/mol. The van der Waals surface area contributed by atoms with Crippen LogP contribution < -0.4 is 0 Å². The Morgan fingerprint density at radius 1 is 1.00 bits per heavy atom. The SMILES string of the molecule is [CH2]C(C)C(C)CCC(CC)CCCC. The summed E-state index contributed by atoms with van der Waals surface area (Å²) in [5.74, 6) is 2.38. The van der Waals surface area contributed by atoms with Gasteiger partial charge in [-0.25, -0.2) is 0 Å². The van der Waals surface area contributed by atoms with Gasteiger partial charge in [-0.1, -0.05) is 73.1 Å². The zero-order chi connectivity index (χ0) is 11.0. The van der Waals surface area contributed by atoms with Crippen molar-refractivity contribution in [3.05, 3.63) is 6.92 Å². The zero-order valence-corrected chi connectivity index (χ0v) is 10.7. The molecule has 0 saturated carbocycles. The number of rotatable bonds is 8. The van der Waals surface area contributed by atoms with Gasteiger partial charge in [-0.15, -0.1) is 0 Å². The zero-order valence-electron chi connectivity index (χ0n) is 10.7. The van der Waals surface area contributed by atoms with E-state index in [1.165, 1.54) is 38.5 Å². The fourth-order valence-electron chi connectivity index (χ4n) is 1.83. The van der Waals surface area contributed by atoms with E-state index in [9.17, 15) is 0 Å². The van der Waals surface area contributed by atoms with Crippen LogP contribution >= 0.6 is 0 Å². The molecule has 0 bridgehead atoms. The molecule has 0 rings (SSSR count). The molecule has 0 aliphatic rings. The quantitative estimate of drug-likeness (QED) is 0.508. The lowest BCUT2D eigenvalue weighted by molar-refractivity contribution is 0.338. The van der Waals surface area contributed by atoms with E-state index in [0.29, 0.717) is 5.92 Å².